The Kier molecular flexibility index (Phi) is 5.96. The Labute approximate surface area is 186 Å². The third-order valence-corrected chi connectivity index (χ3v) is 6.64. The molecule has 31 heavy (non-hydrogen) atoms. The summed E-state index contributed by atoms with van der Waals surface area (Å²) >= 11 is 1.32. The normalized spacial score (nSPS) is 18.3. The van der Waals surface area contributed by atoms with Crippen LogP contribution in [0, 0.1) is 12.8 Å². The van der Waals surface area contributed by atoms with E-state index in [2.05, 4.69) is 5.32 Å². The van der Waals surface area contributed by atoms with Crippen LogP contribution >= 0.6 is 11.8 Å². The summed E-state index contributed by atoms with van der Waals surface area (Å²) in [5, 5.41) is 3.11. The molecule has 2 aliphatic rings. The monoisotopic (exact) mass is 434 g/mol. The van der Waals surface area contributed by atoms with E-state index in [0.29, 0.717) is 17.4 Å². The Balaban J connectivity index is 1.63. The number of para-hydroxylation sites is 1. The Morgan fingerprint density at radius 1 is 1.19 bits per heavy atom. The molecule has 2 aromatic carbocycles. The second kappa shape index (κ2) is 8.67. The summed E-state index contributed by atoms with van der Waals surface area (Å²) in [5.41, 5.74) is 3.46. The number of thioether (sulfide) groups is 1. The number of aryl methyl sites for hydroxylation is 1. The molecule has 0 aliphatic carbocycles. The van der Waals surface area contributed by atoms with Gasteiger partial charge in [0.2, 0.25) is 5.91 Å². The Morgan fingerprint density at radius 2 is 1.97 bits per heavy atom. The number of hydrogen-bond acceptors (Lipinski definition) is 5. The molecule has 2 amide bonds. The van der Waals surface area contributed by atoms with Gasteiger partial charge in [0.15, 0.2) is 5.17 Å². The lowest BCUT2D eigenvalue weighted by Gasteiger charge is -2.27. The zero-order valence-electron chi connectivity index (χ0n) is 18.1. The van der Waals surface area contributed by atoms with Crippen LogP contribution in [0.25, 0.3) is 0 Å². The molecule has 160 valence electrons. The van der Waals surface area contributed by atoms with E-state index in [-0.39, 0.29) is 17.7 Å². The van der Waals surface area contributed by atoms with E-state index in [1.807, 2.05) is 76.2 Å². The van der Waals surface area contributed by atoms with E-state index in [4.69, 9.17) is 9.98 Å². The molecule has 2 heterocycles. The summed E-state index contributed by atoms with van der Waals surface area (Å²) in [6, 6.07) is 15.0. The summed E-state index contributed by atoms with van der Waals surface area (Å²) in [6.45, 7) is 7.93. The lowest BCUT2D eigenvalue weighted by molar-refractivity contribution is -0.125. The molecule has 6 nitrogen and oxygen atoms in total. The van der Waals surface area contributed by atoms with Crippen molar-refractivity contribution >= 4 is 46.0 Å². The first-order valence-corrected chi connectivity index (χ1v) is 11.4. The van der Waals surface area contributed by atoms with Gasteiger partial charge in [-0.2, -0.15) is 0 Å². The number of carbonyl (C=O) groups is 2. The molecule has 0 bridgehead atoms. The van der Waals surface area contributed by atoms with Crippen molar-refractivity contribution in [2.45, 2.75) is 45.4 Å². The van der Waals surface area contributed by atoms with Gasteiger partial charge in [-0.3, -0.25) is 14.6 Å². The van der Waals surface area contributed by atoms with Crippen LogP contribution in [0.15, 0.2) is 58.5 Å². The lowest BCUT2D eigenvalue weighted by atomic mass is 10.1. The van der Waals surface area contributed by atoms with Gasteiger partial charge in [0, 0.05) is 11.3 Å². The summed E-state index contributed by atoms with van der Waals surface area (Å²) in [5.74, 6) is 0.520. The predicted octanol–water partition coefficient (Wildman–Crippen LogP) is 4.76. The van der Waals surface area contributed by atoms with Gasteiger partial charge in [-0.1, -0.05) is 56.8 Å². The number of amidine groups is 2. The highest BCUT2D eigenvalue weighted by atomic mass is 32.2. The number of amides is 2. The van der Waals surface area contributed by atoms with E-state index in [1.54, 1.807) is 4.90 Å². The minimum Gasteiger partial charge on any atom is -0.325 e. The number of benzene rings is 2. The molecule has 0 spiro atoms. The van der Waals surface area contributed by atoms with Gasteiger partial charge in [0.25, 0.3) is 5.91 Å². The first kappa shape index (κ1) is 21.3. The average Bonchev–Trinajstić information content (AvgIpc) is 3.10. The smallest absolute Gasteiger partial charge is 0.259 e. The molecule has 0 aromatic heterocycles. The summed E-state index contributed by atoms with van der Waals surface area (Å²) in [7, 11) is 0. The van der Waals surface area contributed by atoms with E-state index in [1.165, 1.54) is 11.8 Å². The number of hydrogen-bond donors (Lipinski definition) is 1. The fraction of sp³-hybridized carbons (Fsp3) is 0.333. The van der Waals surface area contributed by atoms with Crippen LogP contribution in [0.1, 0.15) is 38.3 Å². The molecule has 4 rings (SSSR count). The number of anilines is 1. The molecule has 1 N–H and O–H groups in total. The molecule has 2 aliphatic heterocycles. The van der Waals surface area contributed by atoms with Crippen molar-refractivity contribution in [1.82, 2.24) is 4.90 Å². The van der Waals surface area contributed by atoms with Crippen molar-refractivity contribution in [2.75, 3.05) is 5.32 Å². The Morgan fingerprint density at radius 3 is 2.68 bits per heavy atom. The Bertz CT molecular complexity index is 1090. The van der Waals surface area contributed by atoms with Crippen molar-refractivity contribution < 1.29 is 9.59 Å². The number of nitrogens with one attached hydrogen (secondary N) is 1. The van der Waals surface area contributed by atoms with Gasteiger partial charge in [-0.15, -0.1) is 0 Å². The number of nitrogens with zero attached hydrogens (tertiary/aromatic N) is 3. The van der Waals surface area contributed by atoms with Crippen LogP contribution in [0.5, 0.6) is 0 Å². The van der Waals surface area contributed by atoms with Crippen LogP contribution in [0.2, 0.25) is 0 Å². The first-order valence-electron chi connectivity index (χ1n) is 10.5. The average molecular weight is 435 g/mol. The van der Waals surface area contributed by atoms with Crippen molar-refractivity contribution in [3.05, 3.63) is 59.7 Å². The highest BCUT2D eigenvalue weighted by molar-refractivity contribution is 8.15. The third kappa shape index (κ3) is 4.14. The topological polar surface area (TPSA) is 74.1 Å². The van der Waals surface area contributed by atoms with E-state index in [0.717, 1.165) is 22.5 Å². The number of fused-ring (bicyclic) bond motifs is 3. The number of rotatable bonds is 5. The van der Waals surface area contributed by atoms with Crippen molar-refractivity contribution in [1.29, 1.82) is 0 Å². The lowest BCUT2D eigenvalue weighted by Crippen LogP contribution is -2.43. The Hall–Kier alpha value is -2.93. The van der Waals surface area contributed by atoms with Crippen molar-refractivity contribution in [2.24, 2.45) is 15.9 Å². The van der Waals surface area contributed by atoms with Crippen molar-refractivity contribution in [3.8, 4) is 0 Å². The SMILES string of the molecule is CC[C@H](SC1=Nc2ccccc2C2=N[C@@H](C(C)C)C(=O)N12)C(=O)Nc1cccc(C)c1. The zero-order valence-corrected chi connectivity index (χ0v) is 18.9. The minimum absolute atomic E-state index is 0.0793. The summed E-state index contributed by atoms with van der Waals surface area (Å²) in [4.78, 5) is 37.3. The molecule has 0 saturated carbocycles. The quantitative estimate of drug-likeness (QED) is 0.737. The fourth-order valence-corrected chi connectivity index (χ4v) is 4.70. The van der Waals surface area contributed by atoms with Crippen LogP contribution in [-0.4, -0.2) is 39.0 Å². The third-order valence-electron chi connectivity index (χ3n) is 5.33. The first-order chi connectivity index (χ1) is 14.9. The summed E-state index contributed by atoms with van der Waals surface area (Å²) < 4.78 is 0. The van der Waals surface area contributed by atoms with E-state index >= 15 is 0 Å². The van der Waals surface area contributed by atoms with E-state index in [9.17, 15) is 9.59 Å². The molecule has 0 fully saturated rings. The standard InChI is InChI=1S/C24H26N4O2S/c1-5-19(22(29)25-16-10-8-9-15(4)13-16)31-24-26-18-12-7-6-11-17(18)21-27-20(14(2)3)23(30)28(21)24/h6-14,19-20H,5H2,1-4H3,(H,25,29)/t19-,20-/m0/s1. The van der Waals surface area contributed by atoms with Gasteiger partial charge in [0.05, 0.1) is 10.9 Å². The fourth-order valence-electron chi connectivity index (χ4n) is 3.68. The maximum Gasteiger partial charge on any atom is 0.259 e. The molecular formula is C24H26N4O2S. The molecular weight excluding hydrogens is 408 g/mol. The maximum atomic E-state index is 13.2. The molecule has 0 saturated heterocycles. The number of carbonyl (C=O) groups excluding carboxylic acids is 2. The number of aliphatic imine (C=N–C) groups is 2. The molecule has 2 atom stereocenters. The van der Waals surface area contributed by atoms with E-state index < -0.39 is 11.3 Å². The van der Waals surface area contributed by atoms with Crippen molar-refractivity contribution in [3.63, 3.8) is 0 Å². The molecule has 7 heteroatoms. The van der Waals surface area contributed by atoms with Gasteiger partial charge >= 0.3 is 0 Å². The second-order valence-corrected chi connectivity index (χ2v) is 9.27. The van der Waals surface area contributed by atoms with Crippen LogP contribution in [0.4, 0.5) is 11.4 Å². The highest BCUT2D eigenvalue weighted by Crippen LogP contribution is 2.36. The molecule has 0 unspecified atom stereocenters. The summed E-state index contributed by atoms with van der Waals surface area (Å²) in [6.07, 6.45) is 0.602. The van der Waals surface area contributed by atoms with Gasteiger partial charge in [0.1, 0.15) is 11.9 Å². The van der Waals surface area contributed by atoms with Gasteiger partial charge < -0.3 is 5.32 Å². The van der Waals surface area contributed by atoms with Gasteiger partial charge in [-0.05, 0) is 49.1 Å². The van der Waals surface area contributed by atoms with Crippen LogP contribution in [-0.2, 0) is 9.59 Å². The maximum absolute atomic E-state index is 13.2. The molecule has 0 radical (unpaired) electrons. The van der Waals surface area contributed by atoms with Crippen LogP contribution < -0.4 is 5.32 Å². The predicted molar refractivity (Wildman–Crippen MR) is 127 cm³/mol. The zero-order chi connectivity index (χ0) is 22.1. The highest BCUT2D eigenvalue weighted by Gasteiger charge is 2.43. The minimum atomic E-state index is -0.437. The molecule has 2 aromatic rings. The van der Waals surface area contributed by atoms with Crippen LogP contribution in [0.3, 0.4) is 0 Å². The largest absolute Gasteiger partial charge is 0.325 e. The van der Waals surface area contributed by atoms with Gasteiger partial charge in [-0.25, -0.2) is 9.89 Å². The second-order valence-electron chi connectivity index (χ2n) is 8.10.